The Balaban J connectivity index is 2.00. The van der Waals surface area contributed by atoms with Gasteiger partial charge < -0.3 is 0 Å². The number of benzene rings is 1. The third kappa shape index (κ3) is 2.91. The van der Waals surface area contributed by atoms with E-state index in [-0.39, 0.29) is 11.6 Å². The second-order valence-electron chi connectivity index (χ2n) is 5.54. The molecule has 1 aromatic carbocycles. The van der Waals surface area contributed by atoms with E-state index in [1.807, 2.05) is 37.3 Å². The first-order valence-electron chi connectivity index (χ1n) is 7.55. The van der Waals surface area contributed by atoms with Gasteiger partial charge >= 0.3 is 0 Å². The fourth-order valence-corrected chi connectivity index (χ4v) is 2.64. The first-order valence-corrected chi connectivity index (χ1v) is 7.55. The molecule has 1 aliphatic heterocycles. The minimum absolute atomic E-state index is 0.109. The van der Waals surface area contributed by atoms with Crippen LogP contribution in [0.1, 0.15) is 42.0 Å². The highest BCUT2D eigenvalue weighted by atomic mass is 16.5. The number of hydrazone groups is 1. The molecular formula is C16H17N5O3. The summed E-state index contributed by atoms with van der Waals surface area (Å²) < 4.78 is 1.44. The standard InChI is InChI=1S/C16H17N5O3/c1-10-7-8-13(19-18-11-5-3-2-4-6-11)14-17-9-12(15(22)20-24)16(23)21(10)14/h2-6,9-10,18,24H,7-8H2,1H3,(H,20,22). The van der Waals surface area contributed by atoms with Gasteiger partial charge in [-0.2, -0.15) is 5.10 Å². The van der Waals surface area contributed by atoms with Crippen LogP contribution in [0.3, 0.4) is 0 Å². The minimum atomic E-state index is -0.874. The Bertz CT molecular complexity index is 845. The molecule has 0 fully saturated rings. The van der Waals surface area contributed by atoms with Crippen LogP contribution in [0.2, 0.25) is 0 Å². The number of para-hydroxylation sites is 1. The van der Waals surface area contributed by atoms with Crippen molar-refractivity contribution in [1.82, 2.24) is 15.0 Å². The van der Waals surface area contributed by atoms with Crippen molar-refractivity contribution < 1.29 is 10.0 Å². The van der Waals surface area contributed by atoms with Crippen molar-refractivity contribution in [1.29, 1.82) is 0 Å². The summed E-state index contributed by atoms with van der Waals surface area (Å²) in [4.78, 5) is 28.3. The SMILES string of the molecule is CC1CCC(=NNc2ccccc2)c2ncc(C(=O)NO)c(=O)n21. The van der Waals surface area contributed by atoms with Gasteiger partial charge in [0.15, 0.2) is 5.82 Å². The van der Waals surface area contributed by atoms with Crippen molar-refractivity contribution in [2.24, 2.45) is 5.10 Å². The van der Waals surface area contributed by atoms with Crippen LogP contribution in [0.15, 0.2) is 46.4 Å². The molecular weight excluding hydrogens is 310 g/mol. The van der Waals surface area contributed by atoms with Crippen LogP contribution in [0.4, 0.5) is 5.69 Å². The number of hydrogen-bond acceptors (Lipinski definition) is 6. The lowest BCUT2D eigenvalue weighted by atomic mass is 10.0. The summed E-state index contributed by atoms with van der Waals surface area (Å²) in [5.74, 6) is -0.446. The highest BCUT2D eigenvalue weighted by Gasteiger charge is 2.26. The van der Waals surface area contributed by atoms with Gasteiger partial charge in [-0.05, 0) is 31.9 Å². The van der Waals surface area contributed by atoms with Crippen molar-refractivity contribution in [2.45, 2.75) is 25.8 Å². The van der Waals surface area contributed by atoms with Crippen molar-refractivity contribution in [3.05, 3.63) is 58.3 Å². The average molecular weight is 327 g/mol. The highest BCUT2D eigenvalue weighted by molar-refractivity contribution is 5.99. The Morgan fingerprint density at radius 1 is 1.38 bits per heavy atom. The van der Waals surface area contributed by atoms with Gasteiger partial charge in [-0.1, -0.05) is 18.2 Å². The van der Waals surface area contributed by atoms with Crippen molar-refractivity contribution in [3.8, 4) is 0 Å². The van der Waals surface area contributed by atoms with E-state index in [4.69, 9.17) is 5.21 Å². The minimum Gasteiger partial charge on any atom is -0.288 e. The number of carbonyl (C=O) groups is 1. The number of hydroxylamine groups is 1. The van der Waals surface area contributed by atoms with E-state index >= 15 is 0 Å². The van der Waals surface area contributed by atoms with Crippen LogP contribution in [-0.4, -0.2) is 26.4 Å². The number of carbonyl (C=O) groups excluding carboxylic acids is 1. The summed E-state index contributed by atoms with van der Waals surface area (Å²) >= 11 is 0. The summed E-state index contributed by atoms with van der Waals surface area (Å²) in [5.41, 5.74) is 5.19. The number of anilines is 1. The van der Waals surface area contributed by atoms with Crippen LogP contribution >= 0.6 is 0 Å². The van der Waals surface area contributed by atoms with Crippen molar-refractivity contribution in [3.63, 3.8) is 0 Å². The first kappa shape index (κ1) is 15.9. The second kappa shape index (κ2) is 6.63. The van der Waals surface area contributed by atoms with E-state index in [0.717, 1.165) is 11.9 Å². The van der Waals surface area contributed by atoms with Crippen LogP contribution < -0.4 is 16.5 Å². The summed E-state index contributed by atoms with van der Waals surface area (Å²) in [6, 6.07) is 9.34. The largest absolute Gasteiger partial charge is 0.288 e. The van der Waals surface area contributed by atoms with Crippen LogP contribution in [0.25, 0.3) is 0 Å². The maximum Gasteiger partial charge on any atom is 0.281 e. The average Bonchev–Trinajstić information content (AvgIpc) is 2.61. The molecule has 1 aromatic heterocycles. The lowest BCUT2D eigenvalue weighted by Crippen LogP contribution is -2.39. The maximum atomic E-state index is 12.5. The van der Waals surface area contributed by atoms with Gasteiger partial charge in [0.2, 0.25) is 0 Å². The molecule has 0 spiro atoms. The summed E-state index contributed by atoms with van der Waals surface area (Å²) in [5, 5.41) is 13.1. The Labute approximate surface area is 137 Å². The van der Waals surface area contributed by atoms with E-state index in [2.05, 4.69) is 15.5 Å². The monoisotopic (exact) mass is 327 g/mol. The van der Waals surface area contributed by atoms with Crippen LogP contribution in [0.5, 0.6) is 0 Å². The fraction of sp³-hybridized carbons (Fsp3) is 0.250. The topological polar surface area (TPSA) is 109 Å². The maximum absolute atomic E-state index is 12.5. The molecule has 8 nitrogen and oxygen atoms in total. The molecule has 8 heteroatoms. The number of nitrogens with one attached hydrogen (secondary N) is 2. The molecule has 0 radical (unpaired) electrons. The summed E-state index contributed by atoms with van der Waals surface area (Å²) in [6.45, 7) is 1.88. The van der Waals surface area contributed by atoms with Gasteiger partial charge in [0.1, 0.15) is 11.3 Å². The lowest BCUT2D eigenvalue weighted by Gasteiger charge is -2.25. The molecule has 124 valence electrons. The zero-order chi connectivity index (χ0) is 17.1. The van der Waals surface area contributed by atoms with Crippen LogP contribution in [0, 0.1) is 0 Å². The molecule has 2 heterocycles. The molecule has 0 aliphatic carbocycles. The number of hydrogen-bond donors (Lipinski definition) is 3. The van der Waals surface area contributed by atoms with E-state index in [9.17, 15) is 9.59 Å². The second-order valence-corrected chi connectivity index (χ2v) is 5.54. The fourth-order valence-electron chi connectivity index (χ4n) is 2.64. The molecule has 0 saturated carbocycles. The van der Waals surface area contributed by atoms with Crippen LogP contribution in [-0.2, 0) is 0 Å². The highest BCUT2D eigenvalue weighted by Crippen LogP contribution is 2.22. The predicted molar refractivity (Wildman–Crippen MR) is 88.3 cm³/mol. The third-order valence-electron chi connectivity index (χ3n) is 3.93. The zero-order valence-corrected chi connectivity index (χ0v) is 13.1. The Hall–Kier alpha value is -3.00. The number of rotatable bonds is 3. The first-order chi connectivity index (χ1) is 11.6. The number of aromatic nitrogens is 2. The van der Waals surface area contributed by atoms with Gasteiger partial charge in [0.25, 0.3) is 11.5 Å². The van der Waals surface area contributed by atoms with Gasteiger partial charge in [-0.15, -0.1) is 0 Å². The predicted octanol–water partition coefficient (Wildman–Crippen LogP) is 1.53. The number of nitrogens with zero attached hydrogens (tertiary/aromatic N) is 3. The van der Waals surface area contributed by atoms with Crippen molar-refractivity contribution in [2.75, 3.05) is 5.43 Å². The molecule has 3 rings (SSSR count). The molecule has 3 N–H and O–H groups in total. The Morgan fingerprint density at radius 3 is 2.83 bits per heavy atom. The quantitative estimate of drug-likeness (QED) is 0.585. The van der Waals surface area contributed by atoms with E-state index < -0.39 is 11.5 Å². The summed E-state index contributed by atoms with van der Waals surface area (Å²) in [7, 11) is 0. The molecule has 1 unspecified atom stereocenters. The molecule has 1 aliphatic rings. The third-order valence-corrected chi connectivity index (χ3v) is 3.93. The molecule has 0 saturated heterocycles. The molecule has 1 amide bonds. The smallest absolute Gasteiger partial charge is 0.281 e. The number of fused-ring (bicyclic) bond motifs is 1. The number of amides is 1. The Kier molecular flexibility index (Phi) is 4.39. The molecule has 24 heavy (non-hydrogen) atoms. The summed E-state index contributed by atoms with van der Waals surface area (Å²) in [6.07, 6.45) is 2.53. The zero-order valence-electron chi connectivity index (χ0n) is 13.1. The normalized spacial score (nSPS) is 18.1. The van der Waals surface area contributed by atoms with Gasteiger partial charge in [-0.25, -0.2) is 10.5 Å². The molecule has 1 atom stereocenters. The van der Waals surface area contributed by atoms with Gasteiger partial charge in [0.05, 0.1) is 5.69 Å². The van der Waals surface area contributed by atoms with Gasteiger partial charge in [-0.3, -0.25) is 24.8 Å². The van der Waals surface area contributed by atoms with Crippen molar-refractivity contribution >= 4 is 17.3 Å². The molecule has 0 bridgehead atoms. The van der Waals surface area contributed by atoms with E-state index in [1.54, 1.807) is 0 Å². The Morgan fingerprint density at radius 2 is 2.12 bits per heavy atom. The van der Waals surface area contributed by atoms with Gasteiger partial charge in [0, 0.05) is 12.2 Å². The van der Waals surface area contributed by atoms with E-state index in [0.29, 0.717) is 24.4 Å². The van der Waals surface area contributed by atoms with E-state index in [1.165, 1.54) is 10.0 Å². The lowest BCUT2D eigenvalue weighted by molar-refractivity contribution is 0.0703. The molecule has 2 aromatic rings.